The molecule has 0 atom stereocenters. The molecule has 0 aliphatic carbocycles. The fraction of sp³-hybridized carbons (Fsp3) is 0.588. The average Bonchev–Trinajstić information content (AvgIpc) is 2.44. The fourth-order valence-electron chi connectivity index (χ4n) is 1.90. The molecule has 22 heavy (non-hydrogen) atoms. The van der Waals surface area contributed by atoms with E-state index in [1.165, 1.54) is 5.56 Å². The zero-order chi connectivity index (χ0) is 16.4. The van der Waals surface area contributed by atoms with Gasteiger partial charge in [-0.15, -0.1) is 0 Å². The van der Waals surface area contributed by atoms with Crippen molar-refractivity contribution in [2.75, 3.05) is 26.7 Å². The highest BCUT2D eigenvalue weighted by Gasteiger charge is 2.15. The summed E-state index contributed by atoms with van der Waals surface area (Å²) < 4.78 is 10.4. The molecule has 0 saturated carbocycles. The van der Waals surface area contributed by atoms with Crippen LogP contribution in [0.4, 0.5) is 4.79 Å². The minimum absolute atomic E-state index is 0.358. The minimum Gasteiger partial charge on any atom is -0.497 e. The van der Waals surface area contributed by atoms with E-state index in [0.29, 0.717) is 6.54 Å². The van der Waals surface area contributed by atoms with E-state index < -0.39 is 5.60 Å². The van der Waals surface area contributed by atoms with Crippen molar-refractivity contribution >= 4 is 6.09 Å². The molecule has 0 unspecified atom stereocenters. The zero-order valence-corrected chi connectivity index (χ0v) is 14.1. The summed E-state index contributed by atoms with van der Waals surface area (Å²) in [5.41, 5.74) is 0.803. The molecular formula is C17H28N2O3. The fourth-order valence-corrected chi connectivity index (χ4v) is 1.90. The van der Waals surface area contributed by atoms with Gasteiger partial charge in [0.1, 0.15) is 11.4 Å². The van der Waals surface area contributed by atoms with E-state index in [-0.39, 0.29) is 6.09 Å². The highest BCUT2D eigenvalue weighted by Crippen LogP contribution is 2.12. The van der Waals surface area contributed by atoms with Crippen LogP contribution in [0.25, 0.3) is 0 Å². The Balaban J connectivity index is 2.05. The highest BCUT2D eigenvalue weighted by atomic mass is 16.6. The second-order valence-corrected chi connectivity index (χ2v) is 6.13. The number of hydrogen-bond donors (Lipinski definition) is 2. The summed E-state index contributed by atoms with van der Waals surface area (Å²) in [6.45, 7) is 7.94. The molecule has 1 rings (SSSR count). The lowest BCUT2D eigenvalue weighted by molar-refractivity contribution is 0.0527. The molecule has 1 aromatic carbocycles. The molecule has 1 aromatic rings. The van der Waals surface area contributed by atoms with Crippen LogP contribution in [0, 0.1) is 0 Å². The molecule has 0 bridgehead atoms. The lowest BCUT2D eigenvalue weighted by Crippen LogP contribution is -2.34. The Hall–Kier alpha value is -1.75. The summed E-state index contributed by atoms with van der Waals surface area (Å²) in [6.07, 6.45) is 1.47. The van der Waals surface area contributed by atoms with Gasteiger partial charge < -0.3 is 20.1 Å². The first-order chi connectivity index (χ1) is 10.4. The number of benzene rings is 1. The van der Waals surface area contributed by atoms with Crippen LogP contribution in [-0.2, 0) is 11.2 Å². The molecule has 0 radical (unpaired) electrons. The molecule has 0 fully saturated rings. The van der Waals surface area contributed by atoms with Gasteiger partial charge in [-0.05, 0) is 64.4 Å². The monoisotopic (exact) mass is 308 g/mol. The van der Waals surface area contributed by atoms with Crippen molar-refractivity contribution in [2.24, 2.45) is 0 Å². The van der Waals surface area contributed by atoms with E-state index in [0.717, 1.165) is 31.7 Å². The molecule has 124 valence electrons. The number of methoxy groups -OCH3 is 1. The normalized spacial score (nSPS) is 11.1. The number of ether oxygens (including phenoxy) is 2. The van der Waals surface area contributed by atoms with Crippen molar-refractivity contribution in [3.05, 3.63) is 29.8 Å². The van der Waals surface area contributed by atoms with Gasteiger partial charge >= 0.3 is 6.09 Å². The number of alkyl carbamates (subject to hydrolysis) is 1. The predicted octanol–water partition coefficient (Wildman–Crippen LogP) is 2.74. The van der Waals surface area contributed by atoms with E-state index >= 15 is 0 Å². The lowest BCUT2D eigenvalue weighted by Gasteiger charge is -2.19. The first kappa shape index (κ1) is 18.3. The van der Waals surface area contributed by atoms with E-state index in [1.807, 2.05) is 39.0 Å². The maximum atomic E-state index is 11.4. The Morgan fingerprint density at radius 3 is 2.64 bits per heavy atom. The van der Waals surface area contributed by atoms with Crippen LogP contribution in [0.3, 0.4) is 0 Å². The Morgan fingerprint density at radius 2 is 1.95 bits per heavy atom. The standard InChI is InChI=1S/C17H28N2O3/c1-17(2,3)22-16(20)19-11-6-10-18-12-9-14-7-5-8-15(13-14)21-4/h5,7-8,13,18H,6,9-12H2,1-4H3,(H,19,20). The van der Waals surface area contributed by atoms with Crippen LogP contribution in [0.15, 0.2) is 24.3 Å². The maximum Gasteiger partial charge on any atom is 0.407 e. The van der Waals surface area contributed by atoms with Gasteiger partial charge in [-0.25, -0.2) is 4.79 Å². The molecular weight excluding hydrogens is 280 g/mol. The van der Waals surface area contributed by atoms with Crippen LogP contribution in [0.2, 0.25) is 0 Å². The number of hydrogen-bond acceptors (Lipinski definition) is 4. The van der Waals surface area contributed by atoms with Crippen LogP contribution >= 0.6 is 0 Å². The van der Waals surface area contributed by atoms with Crippen LogP contribution in [0.1, 0.15) is 32.8 Å². The molecule has 0 aliphatic rings. The summed E-state index contributed by atoms with van der Waals surface area (Å²) in [5.74, 6) is 0.888. The van der Waals surface area contributed by atoms with E-state index in [9.17, 15) is 4.79 Å². The highest BCUT2D eigenvalue weighted by molar-refractivity contribution is 5.67. The topological polar surface area (TPSA) is 59.6 Å². The third-order valence-corrected chi connectivity index (χ3v) is 2.92. The second kappa shape index (κ2) is 9.30. The molecule has 0 aromatic heterocycles. The molecule has 5 heteroatoms. The Morgan fingerprint density at radius 1 is 1.18 bits per heavy atom. The van der Waals surface area contributed by atoms with Crippen molar-refractivity contribution in [3.63, 3.8) is 0 Å². The van der Waals surface area contributed by atoms with Crippen molar-refractivity contribution in [1.29, 1.82) is 0 Å². The molecule has 5 nitrogen and oxygen atoms in total. The van der Waals surface area contributed by atoms with Crippen molar-refractivity contribution in [1.82, 2.24) is 10.6 Å². The molecule has 0 heterocycles. The summed E-state index contributed by atoms with van der Waals surface area (Å²) in [7, 11) is 1.68. The molecule has 0 aliphatic heterocycles. The SMILES string of the molecule is COc1cccc(CCNCCCNC(=O)OC(C)(C)C)c1. The van der Waals surface area contributed by atoms with Crippen molar-refractivity contribution < 1.29 is 14.3 Å². The Labute approximate surface area is 133 Å². The van der Waals surface area contributed by atoms with Crippen LogP contribution < -0.4 is 15.4 Å². The first-order valence-corrected chi connectivity index (χ1v) is 7.71. The van der Waals surface area contributed by atoms with Gasteiger partial charge in [-0.2, -0.15) is 0 Å². The molecule has 0 saturated heterocycles. The van der Waals surface area contributed by atoms with Crippen LogP contribution in [-0.4, -0.2) is 38.4 Å². The summed E-state index contributed by atoms with van der Waals surface area (Å²) in [5, 5.41) is 6.11. The maximum absolute atomic E-state index is 11.4. The summed E-state index contributed by atoms with van der Waals surface area (Å²) >= 11 is 0. The Kier molecular flexibility index (Phi) is 7.74. The largest absolute Gasteiger partial charge is 0.497 e. The first-order valence-electron chi connectivity index (χ1n) is 7.71. The minimum atomic E-state index is -0.445. The quantitative estimate of drug-likeness (QED) is 0.725. The lowest BCUT2D eigenvalue weighted by atomic mass is 10.1. The third-order valence-electron chi connectivity index (χ3n) is 2.92. The van der Waals surface area contributed by atoms with Gasteiger partial charge in [-0.3, -0.25) is 0 Å². The molecule has 0 spiro atoms. The van der Waals surface area contributed by atoms with Gasteiger partial charge in [0.05, 0.1) is 7.11 Å². The van der Waals surface area contributed by atoms with Gasteiger partial charge in [0.15, 0.2) is 0 Å². The number of carbonyl (C=O) groups excluding carboxylic acids is 1. The Bertz CT molecular complexity index is 455. The summed E-state index contributed by atoms with van der Waals surface area (Å²) in [4.78, 5) is 11.4. The van der Waals surface area contributed by atoms with Gasteiger partial charge in [-0.1, -0.05) is 12.1 Å². The number of amides is 1. The van der Waals surface area contributed by atoms with Gasteiger partial charge in [0, 0.05) is 6.54 Å². The van der Waals surface area contributed by atoms with E-state index in [1.54, 1.807) is 7.11 Å². The van der Waals surface area contributed by atoms with Crippen LogP contribution in [0.5, 0.6) is 5.75 Å². The van der Waals surface area contributed by atoms with Gasteiger partial charge in [0.2, 0.25) is 0 Å². The van der Waals surface area contributed by atoms with E-state index in [2.05, 4.69) is 16.7 Å². The van der Waals surface area contributed by atoms with Crippen molar-refractivity contribution in [2.45, 2.75) is 39.2 Å². The number of rotatable bonds is 8. The third kappa shape index (κ3) is 8.52. The van der Waals surface area contributed by atoms with Gasteiger partial charge in [0.25, 0.3) is 0 Å². The van der Waals surface area contributed by atoms with Crippen molar-refractivity contribution in [3.8, 4) is 5.75 Å². The molecule has 2 N–H and O–H groups in total. The predicted molar refractivity (Wildman–Crippen MR) is 88.4 cm³/mol. The smallest absolute Gasteiger partial charge is 0.407 e. The second-order valence-electron chi connectivity index (χ2n) is 6.13. The number of nitrogens with one attached hydrogen (secondary N) is 2. The summed E-state index contributed by atoms with van der Waals surface area (Å²) in [6, 6.07) is 8.08. The molecule has 1 amide bonds. The van der Waals surface area contributed by atoms with E-state index in [4.69, 9.17) is 9.47 Å². The zero-order valence-electron chi connectivity index (χ0n) is 14.1. The number of carbonyl (C=O) groups is 1. The average molecular weight is 308 g/mol.